The smallest absolute Gasteiger partial charge is 0.123 e. The zero-order chi connectivity index (χ0) is 13.8. The molecule has 0 saturated carbocycles. The number of hydrogen-bond acceptors (Lipinski definition) is 3. The molecule has 5 heteroatoms. The number of benzene rings is 1. The molecule has 3 nitrogen and oxygen atoms in total. The van der Waals surface area contributed by atoms with Gasteiger partial charge in [-0.25, -0.2) is 0 Å². The van der Waals surface area contributed by atoms with Gasteiger partial charge < -0.3 is 15.1 Å². The lowest BCUT2D eigenvalue weighted by atomic mass is 10.1. The Morgan fingerprint density at radius 1 is 1.37 bits per heavy atom. The molecule has 0 aliphatic carbocycles. The van der Waals surface area contributed by atoms with Crippen molar-refractivity contribution in [2.45, 2.75) is 13.5 Å². The third kappa shape index (κ3) is 3.08. The maximum atomic E-state index is 6.19. The van der Waals surface area contributed by atoms with Gasteiger partial charge in [-0.2, -0.15) is 0 Å². The maximum Gasteiger partial charge on any atom is 0.123 e. The van der Waals surface area contributed by atoms with E-state index >= 15 is 0 Å². The number of rotatable bonds is 5. The van der Waals surface area contributed by atoms with Crippen LogP contribution >= 0.6 is 23.8 Å². The molecule has 19 heavy (non-hydrogen) atoms. The number of thiocarbonyl (C=S) groups is 1. The van der Waals surface area contributed by atoms with E-state index in [4.69, 9.17) is 34.0 Å². The van der Waals surface area contributed by atoms with Crippen LogP contribution < -0.4 is 10.6 Å². The molecule has 0 fully saturated rings. The molecule has 0 atom stereocenters. The molecule has 0 radical (unpaired) electrons. The summed E-state index contributed by atoms with van der Waals surface area (Å²) in [6, 6.07) is 9.46. The average Bonchev–Trinajstić information content (AvgIpc) is 2.88. The Kier molecular flexibility index (Phi) is 4.45. The Hall–Kier alpha value is -1.52. The van der Waals surface area contributed by atoms with Crippen LogP contribution in [0.4, 0.5) is 5.69 Å². The zero-order valence-corrected chi connectivity index (χ0v) is 12.2. The molecule has 1 aromatic heterocycles. The lowest BCUT2D eigenvalue weighted by Gasteiger charge is -2.25. The largest absolute Gasteiger partial charge is 0.467 e. The molecule has 1 heterocycles. The van der Waals surface area contributed by atoms with E-state index in [9.17, 15) is 0 Å². The molecular formula is C14H15ClN2OS. The highest BCUT2D eigenvalue weighted by atomic mass is 35.5. The van der Waals surface area contributed by atoms with Gasteiger partial charge >= 0.3 is 0 Å². The average molecular weight is 295 g/mol. The summed E-state index contributed by atoms with van der Waals surface area (Å²) in [6.45, 7) is 3.52. The monoisotopic (exact) mass is 294 g/mol. The fourth-order valence-electron chi connectivity index (χ4n) is 1.98. The number of nitrogens with two attached hydrogens (primary N) is 1. The van der Waals surface area contributed by atoms with E-state index in [-0.39, 0.29) is 0 Å². The topological polar surface area (TPSA) is 42.4 Å². The molecule has 2 rings (SSSR count). The first kappa shape index (κ1) is 13.9. The maximum absolute atomic E-state index is 6.19. The van der Waals surface area contributed by atoms with Crippen molar-refractivity contribution in [1.29, 1.82) is 0 Å². The van der Waals surface area contributed by atoms with Crippen LogP contribution in [0.2, 0.25) is 5.02 Å². The van der Waals surface area contributed by atoms with E-state index in [1.54, 1.807) is 12.3 Å². The lowest BCUT2D eigenvalue weighted by Crippen LogP contribution is -2.25. The highest BCUT2D eigenvalue weighted by Crippen LogP contribution is 2.28. The van der Waals surface area contributed by atoms with Gasteiger partial charge in [-0.05, 0) is 31.2 Å². The Morgan fingerprint density at radius 3 is 2.74 bits per heavy atom. The molecular weight excluding hydrogens is 280 g/mol. The zero-order valence-electron chi connectivity index (χ0n) is 10.6. The van der Waals surface area contributed by atoms with Crippen molar-refractivity contribution in [1.82, 2.24) is 0 Å². The van der Waals surface area contributed by atoms with Crippen LogP contribution in [0.1, 0.15) is 18.2 Å². The van der Waals surface area contributed by atoms with Crippen molar-refractivity contribution in [3.8, 4) is 0 Å². The minimum Gasteiger partial charge on any atom is -0.467 e. The van der Waals surface area contributed by atoms with Crippen LogP contribution in [0.3, 0.4) is 0 Å². The van der Waals surface area contributed by atoms with Gasteiger partial charge in [0.15, 0.2) is 0 Å². The van der Waals surface area contributed by atoms with E-state index in [0.717, 1.165) is 18.0 Å². The van der Waals surface area contributed by atoms with Crippen molar-refractivity contribution in [2.24, 2.45) is 5.73 Å². The summed E-state index contributed by atoms with van der Waals surface area (Å²) in [5.74, 6) is 0.885. The van der Waals surface area contributed by atoms with Crippen LogP contribution in [-0.4, -0.2) is 11.5 Å². The van der Waals surface area contributed by atoms with E-state index in [2.05, 4.69) is 11.8 Å². The van der Waals surface area contributed by atoms with Gasteiger partial charge in [0, 0.05) is 12.2 Å². The number of furan rings is 1. The second-order valence-corrected chi connectivity index (χ2v) is 4.94. The minimum atomic E-state index is 0.304. The van der Waals surface area contributed by atoms with Crippen LogP contribution in [0.5, 0.6) is 0 Å². The summed E-state index contributed by atoms with van der Waals surface area (Å²) in [5, 5.41) is 0.572. The third-order valence-electron chi connectivity index (χ3n) is 2.89. The summed E-state index contributed by atoms with van der Waals surface area (Å²) in [6.07, 6.45) is 1.66. The highest BCUT2D eigenvalue weighted by Gasteiger charge is 2.15. The first-order chi connectivity index (χ1) is 9.13. The molecule has 0 bridgehead atoms. The molecule has 0 saturated heterocycles. The minimum absolute atomic E-state index is 0.304. The second-order valence-electron chi connectivity index (χ2n) is 4.09. The first-order valence-electron chi connectivity index (χ1n) is 5.99. The van der Waals surface area contributed by atoms with E-state index in [0.29, 0.717) is 22.1 Å². The van der Waals surface area contributed by atoms with Crippen molar-refractivity contribution >= 4 is 34.5 Å². The Morgan fingerprint density at radius 2 is 2.16 bits per heavy atom. The Labute approximate surface area is 123 Å². The van der Waals surface area contributed by atoms with Crippen LogP contribution in [0.25, 0.3) is 0 Å². The summed E-state index contributed by atoms with van der Waals surface area (Å²) < 4.78 is 5.38. The summed E-state index contributed by atoms with van der Waals surface area (Å²) >= 11 is 11.3. The van der Waals surface area contributed by atoms with Gasteiger partial charge in [-0.15, -0.1) is 0 Å². The van der Waals surface area contributed by atoms with Crippen LogP contribution in [-0.2, 0) is 6.54 Å². The normalized spacial score (nSPS) is 10.4. The van der Waals surface area contributed by atoms with Gasteiger partial charge in [0.25, 0.3) is 0 Å². The Bertz CT molecular complexity index is 569. The van der Waals surface area contributed by atoms with Crippen molar-refractivity contribution < 1.29 is 4.42 Å². The summed E-state index contributed by atoms with van der Waals surface area (Å²) in [7, 11) is 0. The Balaban J connectivity index is 2.38. The molecule has 100 valence electrons. The lowest BCUT2D eigenvalue weighted by molar-refractivity contribution is 0.503. The molecule has 2 N–H and O–H groups in total. The molecule has 0 unspecified atom stereocenters. The SMILES string of the molecule is CCN(Cc1ccco1)c1cccc(Cl)c1C(N)=S. The first-order valence-corrected chi connectivity index (χ1v) is 6.77. The van der Waals surface area contributed by atoms with Gasteiger partial charge in [-0.3, -0.25) is 0 Å². The second kappa shape index (κ2) is 6.08. The van der Waals surface area contributed by atoms with Gasteiger partial charge in [-0.1, -0.05) is 29.9 Å². The van der Waals surface area contributed by atoms with E-state index in [1.165, 1.54) is 0 Å². The van der Waals surface area contributed by atoms with Crippen molar-refractivity contribution in [3.05, 3.63) is 52.9 Å². The van der Waals surface area contributed by atoms with Gasteiger partial charge in [0.2, 0.25) is 0 Å². The number of halogens is 1. The summed E-state index contributed by atoms with van der Waals surface area (Å²) in [5.41, 5.74) is 7.42. The van der Waals surface area contributed by atoms with Gasteiger partial charge in [0.05, 0.1) is 23.4 Å². The number of nitrogens with zero attached hydrogens (tertiary/aromatic N) is 1. The van der Waals surface area contributed by atoms with Crippen molar-refractivity contribution in [2.75, 3.05) is 11.4 Å². The molecule has 0 aliphatic heterocycles. The van der Waals surface area contributed by atoms with E-state index in [1.807, 2.05) is 24.3 Å². The predicted octanol–water partition coefficient (Wildman–Crippen LogP) is 3.59. The fraction of sp³-hybridized carbons (Fsp3) is 0.214. The quantitative estimate of drug-likeness (QED) is 0.856. The van der Waals surface area contributed by atoms with Crippen LogP contribution in [0.15, 0.2) is 41.0 Å². The van der Waals surface area contributed by atoms with Crippen molar-refractivity contribution in [3.63, 3.8) is 0 Å². The third-order valence-corrected chi connectivity index (χ3v) is 3.41. The van der Waals surface area contributed by atoms with Gasteiger partial charge in [0.1, 0.15) is 10.7 Å². The van der Waals surface area contributed by atoms with E-state index < -0.39 is 0 Å². The molecule has 2 aromatic rings. The molecule has 1 aromatic carbocycles. The molecule has 0 amide bonds. The number of hydrogen-bond donors (Lipinski definition) is 1. The molecule has 0 spiro atoms. The molecule has 0 aliphatic rings. The fourth-order valence-corrected chi connectivity index (χ4v) is 2.52. The highest BCUT2D eigenvalue weighted by molar-refractivity contribution is 7.80. The summed E-state index contributed by atoms with van der Waals surface area (Å²) in [4.78, 5) is 2.43. The number of anilines is 1. The standard InChI is InChI=1S/C14H15ClN2OS/c1-2-17(9-10-5-4-8-18-10)12-7-3-6-11(15)13(12)14(16)19/h3-8H,2,9H2,1H3,(H2,16,19). The predicted molar refractivity (Wildman–Crippen MR) is 82.8 cm³/mol. The van der Waals surface area contributed by atoms with Crippen LogP contribution in [0, 0.1) is 0 Å².